The molecule has 2 aliphatic rings. The van der Waals surface area contributed by atoms with Crippen molar-refractivity contribution in [3.63, 3.8) is 0 Å². The Morgan fingerprint density at radius 1 is 1.26 bits per heavy atom. The molecule has 1 aliphatic carbocycles. The molecule has 2 fully saturated rings. The van der Waals surface area contributed by atoms with Gasteiger partial charge in [0, 0.05) is 32.7 Å². The second kappa shape index (κ2) is 7.50. The molecule has 0 aromatic heterocycles. The highest BCUT2D eigenvalue weighted by Crippen LogP contribution is 2.30. The van der Waals surface area contributed by atoms with Crippen LogP contribution in [-0.4, -0.2) is 72.2 Å². The van der Waals surface area contributed by atoms with Crippen LogP contribution in [0.1, 0.15) is 19.3 Å². The summed E-state index contributed by atoms with van der Waals surface area (Å²) in [5.74, 6) is 1.17. The Bertz CT molecular complexity index is 297. The number of rotatable bonds is 7. The van der Waals surface area contributed by atoms with E-state index < -0.39 is 5.97 Å². The fourth-order valence-corrected chi connectivity index (χ4v) is 3.19. The van der Waals surface area contributed by atoms with Gasteiger partial charge in [0.2, 0.25) is 0 Å². The maximum Gasteiger partial charge on any atom is 0.309 e. The summed E-state index contributed by atoms with van der Waals surface area (Å²) in [5.41, 5.74) is 0. The van der Waals surface area contributed by atoms with Gasteiger partial charge in [-0.15, -0.1) is 0 Å². The number of carboxylic acid groups (broad SMARTS) is 1. The lowest BCUT2D eigenvalue weighted by atomic mass is 10.1. The third-order valence-electron chi connectivity index (χ3n) is 4.07. The molecule has 4 nitrogen and oxygen atoms in total. The highest BCUT2D eigenvalue weighted by molar-refractivity contribution is 7.98. The van der Waals surface area contributed by atoms with E-state index in [4.69, 9.17) is 0 Å². The molecule has 0 radical (unpaired) electrons. The molecule has 0 spiro atoms. The zero-order chi connectivity index (χ0) is 13.7. The molecule has 1 N–H and O–H groups in total. The minimum atomic E-state index is -0.627. The fraction of sp³-hybridized carbons (Fsp3) is 0.929. The first-order chi connectivity index (χ1) is 9.19. The van der Waals surface area contributed by atoms with Gasteiger partial charge in [-0.2, -0.15) is 11.8 Å². The lowest BCUT2D eigenvalue weighted by molar-refractivity contribution is -0.142. The van der Waals surface area contributed by atoms with Crippen LogP contribution in [0.15, 0.2) is 0 Å². The Labute approximate surface area is 120 Å². The van der Waals surface area contributed by atoms with Gasteiger partial charge in [0.1, 0.15) is 0 Å². The van der Waals surface area contributed by atoms with Crippen molar-refractivity contribution in [3.05, 3.63) is 0 Å². The fourth-order valence-electron chi connectivity index (χ4n) is 2.77. The topological polar surface area (TPSA) is 43.8 Å². The molecule has 0 aromatic rings. The van der Waals surface area contributed by atoms with E-state index in [9.17, 15) is 9.90 Å². The van der Waals surface area contributed by atoms with Crippen LogP contribution in [0, 0.1) is 11.8 Å². The molecule has 1 saturated carbocycles. The minimum absolute atomic E-state index is 0.212. The third kappa shape index (κ3) is 5.32. The maximum absolute atomic E-state index is 11.4. The number of hydrogen-bond acceptors (Lipinski definition) is 4. The summed E-state index contributed by atoms with van der Waals surface area (Å²) < 4.78 is 0. The highest BCUT2D eigenvalue weighted by Gasteiger charge is 2.31. The number of aliphatic carboxylic acids is 1. The molecule has 0 aromatic carbocycles. The van der Waals surface area contributed by atoms with Gasteiger partial charge in [-0.25, -0.2) is 0 Å². The predicted molar refractivity (Wildman–Crippen MR) is 79.7 cm³/mol. The van der Waals surface area contributed by atoms with Crippen LogP contribution >= 0.6 is 11.8 Å². The lowest BCUT2D eigenvalue weighted by Gasteiger charge is -2.21. The average molecular weight is 286 g/mol. The molecule has 1 aliphatic heterocycles. The van der Waals surface area contributed by atoms with Crippen LogP contribution in [0.25, 0.3) is 0 Å². The van der Waals surface area contributed by atoms with Crippen LogP contribution in [-0.2, 0) is 4.79 Å². The summed E-state index contributed by atoms with van der Waals surface area (Å²) in [4.78, 5) is 16.1. The van der Waals surface area contributed by atoms with Crippen molar-refractivity contribution in [2.24, 2.45) is 11.8 Å². The number of carboxylic acids is 1. The summed E-state index contributed by atoms with van der Waals surface area (Å²) in [7, 11) is 0. The van der Waals surface area contributed by atoms with Gasteiger partial charge in [-0.05, 0) is 43.7 Å². The van der Waals surface area contributed by atoms with E-state index in [0.717, 1.165) is 51.6 Å². The van der Waals surface area contributed by atoms with Crippen LogP contribution in [0.5, 0.6) is 0 Å². The summed E-state index contributed by atoms with van der Waals surface area (Å²) in [6.45, 7) is 5.70. The first-order valence-corrected chi connectivity index (χ1v) is 8.75. The van der Waals surface area contributed by atoms with Crippen molar-refractivity contribution in [3.8, 4) is 0 Å². The molecular formula is C14H26N2O2S. The Balaban J connectivity index is 1.84. The van der Waals surface area contributed by atoms with Crippen LogP contribution in [0.3, 0.4) is 0 Å². The number of hydrogen-bond donors (Lipinski definition) is 1. The van der Waals surface area contributed by atoms with Gasteiger partial charge < -0.3 is 14.9 Å². The van der Waals surface area contributed by atoms with Crippen LogP contribution < -0.4 is 0 Å². The molecule has 1 saturated heterocycles. The quantitative estimate of drug-likeness (QED) is 0.718. The van der Waals surface area contributed by atoms with Crippen molar-refractivity contribution < 1.29 is 9.90 Å². The summed E-state index contributed by atoms with van der Waals surface area (Å²) in [5, 5.41) is 9.36. The van der Waals surface area contributed by atoms with E-state index in [1.807, 2.05) is 11.8 Å². The van der Waals surface area contributed by atoms with Gasteiger partial charge in [0.05, 0.1) is 5.92 Å². The molecule has 110 valence electrons. The minimum Gasteiger partial charge on any atom is -0.481 e. The largest absolute Gasteiger partial charge is 0.481 e. The molecule has 19 heavy (non-hydrogen) atoms. The van der Waals surface area contributed by atoms with Gasteiger partial charge in [0.25, 0.3) is 0 Å². The van der Waals surface area contributed by atoms with E-state index >= 15 is 0 Å². The number of nitrogens with zero attached hydrogens (tertiary/aromatic N) is 2. The molecule has 1 unspecified atom stereocenters. The summed E-state index contributed by atoms with van der Waals surface area (Å²) in [6.07, 6.45) is 5.97. The number of carbonyl (C=O) groups is 1. The van der Waals surface area contributed by atoms with Crippen molar-refractivity contribution in [1.82, 2.24) is 9.80 Å². The van der Waals surface area contributed by atoms with Crippen molar-refractivity contribution in [2.45, 2.75) is 19.3 Å². The first kappa shape index (κ1) is 15.1. The van der Waals surface area contributed by atoms with E-state index in [0.29, 0.717) is 0 Å². The van der Waals surface area contributed by atoms with Crippen LogP contribution in [0.4, 0.5) is 0 Å². The molecular weight excluding hydrogens is 260 g/mol. The van der Waals surface area contributed by atoms with E-state index in [1.54, 1.807) is 0 Å². The Morgan fingerprint density at radius 2 is 1.95 bits per heavy atom. The van der Waals surface area contributed by atoms with Gasteiger partial charge in [-0.1, -0.05) is 0 Å². The van der Waals surface area contributed by atoms with Gasteiger partial charge in [0.15, 0.2) is 0 Å². The Kier molecular flexibility index (Phi) is 5.98. The predicted octanol–water partition coefficient (Wildman–Crippen LogP) is 1.47. The number of thioether (sulfide) groups is 1. The lowest BCUT2D eigenvalue weighted by Crippen LogP contribution is -2.35. The second-order valence-electron chi connectivity index (χ2n) is 5.89. The summed E-state index contributed by atoms with van der Waals surface area (Å²) >= 11 is 1.87. The van der Waals surface area contributed by atoms with Gasteiger partial charge >= 0.3 is 5.97 Å². The molecule has 0 amide bonds. The second-order valence-corrected chi connectivity index (χ2v) is 6.87. The zero-order valence-corrected chi connectivity index (χ0v) is 12.7. The smallest absolute Gasteiger partial charge is 0.309 e. The van der Waals surface area contributed by atoms with E-state index in [2.05, 4.69) is 16.1 Å². The molecule has 1 heterocycles. The van der Waals surface area contributed by atoms with E-state index in [1.165, 1.54) is 18.6 Å². The van der Waals surface area contributed by atoms with E-state index in [-0.39, 0.29) is 5.92 Å². The van der Waals surface area contributed by atoms with Gasteiger partial charge in [-0.3, -0.25) is 4.79 Å². The molecule has 1 atom stereocenters. The first-order valence-electron chi connectivity index (χ1n) is 7.35. The zero-order valence-electron chi connectivity index (χ0n) is 11.9. The van der Waals surface area contributed by atoms with Crippen LogP contribution in [0.2, 0.25) is 0 Å². The maximum atomic E-state index is 11.4. The SMILES string of the molecule is CSCCCN1CCN(CC2CC2)CC(C(=O)O)C1. The Morgan fingerprint density at radius 3 is 2.58 bits per heavy atom. The van der Waals surface area contributed by atoms with Crippen molar-refractivity contribution >= 4 is 17.7 Å². The highest BCUT2D eigenvalue weighted by atomic mass is 32.2. The Hall–Kier alpha value is -0.260. The normalized spacial score (nSPS) is 26.3. The summed E-state index contributed by atoms with van der Waals surface area (Å²) in [6, 6.07) is 0. The monoisotopic (exact) mass is 286 g/mol. The van der Waals surface area contributed by atoms with Crippen molar-refractivity contribution in [2.75, 3.05) is 51.3 Å². The average Bonchev–Trinajstić information content (AvgIpc) is 3.18. The molecule has 0 bridgehead atoms. The standard InChI is InChI=1S/C14H26N2O2S/c1-19-8-2-5-15-6-7-16(9-12-3-4-12)11-13(10-15)14(17)18/h12-13H,2-11H2,1H3,(H,17,18). The molecule has 2 rings (SSSR count). The van der Waals surface area contributed by atoms with Crippen molar-refractivity contribution in [1.29, 1.82) is 0 Å². The third-order valence-corrected chi connectivity index (χ3v) is 4.77. The molecule has 5 heteroatoms.